The molecule has 0 saturated heterocycles. The number of fused-ring (bicyclic) bond motifs is 1. The normalized spacial score (nSPS) is 14.1. The van der Waals surface area contributed by atoms with Crippen LogP contribution < -0.4 is 77.4 Å². The zero-order valence-corrected chi connectivity index (χ0v) is 45.0. The van der Waals surface area contributed by atoms with Gasteiger partial charge in [0.05, 0.1) is 19.1 Å². The highest BCUT2D eigenvalue weighted by Crippen LogP contribution is 2.20. The number of hydrogen-bond acceptors (Lipinski definition) is 15. The Kier molecular flexibility index (Phi) is 27.6. The predicted octanol–water partition coefficient (Wildman–Crippen LogP) is -4.39. The SMILES string of the molecule is CC(C)C[C@H](NC(=O)[C@H](Cc1ccc(O)cc1)NC(=O)[C@H](CCCN=C(N)N)NC(=O)[C@H](CC(N)=O)NC(=O)[C@H](CCCN=C(N)N)NC(=O)[C@@H](N)CCCCN)C(=O)N[C@@H](CO)C(=O)N[C@@H](Cc1c[nH]c2ccccc12)C(=O)O. The van der Waals surface area contributed by atoms with Gasteiger partial charge in [0.2, 0.25) is 47.3 Å². The molecule has 3 rings (SSSR count). The number of aromatic amines is 1. The number of aromatic nitrogens is 1. The molecule has 0 bridgehead atoms. The van der Waals surface area contributed by atoms with E-state index in [-0.39, 0.29) is 88.0 Å². The molecule has 1 heterocycles. The highest BCUT2D eigenvalue weighted by molar-refractivity contribution is 5.99. The number of nitrogens with one attached hydrogen (secondary N) is 8. The number of aliphatic hydroxyl groups is 1. The molecule has 8 amide bonds. The van der Waals surface area contributed by atoms with E-state index in [9.17, 15) is 58.5 Å². The molecule has 0 aliphatic rings. The number of aromatic hydroxyl groups is 1. The topological polar surface area (TPSA) is 521 Å². The number of guanidine groups is 2. The Hall–Kier alpha value is -8.57. The van der Waals surface area contributed by atoms with E-state index in [1.165, 1.54) is 24.3 Å². The van der Waals surface area contributed by atoms with Crippen LogP contribution in [0.3, 0.4) is 0 Å². The van der Waals surface area contributed by atoms with Gasteiger partial charge in [-0.3, -0.25) is 48.3 Å². The van der Waals surface area contributed by atoms with E-state index in [2.05, 4.69) is 52.2 Å². The Bertz CT molecular complexity index is 2620. The number of unbranched alkanes of at least 4 members (excludes halogenated alkanes) is 1. The summed E-state index contributed by atoms with van der Waals surface area (Å²) in [6.45, 7) is 2.87. The standard InChI is InChI=1S/C51H79N17O12/c1-27(2)21-36(45(75)68-40(26-69)48(78)67-39(49(79)80)23-29-25-61-33-11-4-3-9-31(29)33)64-46(76)37(22-28-14-16-30(70)17-15-28)65-44(74)35(13-8-20-60-51(57)58)63-47(77)38(24-41(54)71)66-43(73)34(12-7-19-59-50(55)56)62-42(72)32(53)10-5-6-18-52/h3-4,9,11,14-17,25,27,32,34-40,61,69-70H,5-8,10,12-13,18-24,26,52-53H2,1-2H3,(H2,54,71)(H,62,72)(H,63,77)(H,64,76)(H,65,74)(H,66,73)(H,67,78)(H,68,75)(H,79,80)(H4,55,56,59)(H4,57,58,60)/t32-,34-,35-,36-,37-,38-,39-,40-/m0/s1. The number of H-pyrrole nitrogens is 1. The first-order valence-electron chi connectivity index (χ1n) is 26.1. The van der Waals surface area contributed by atoms with Gasteiger partial charge in [-0.2, -0.15) is 0 Å². The average Bonchev–Trinajstić information content (AvgIpc) is 3.87. The summed E-state index contributed by atoms with van der Waals surface area (Å²) in [6.07, 6.45) is 1.63. The fourth-order valence-corrected chi connectivity index (χ4v) is 8.20. The second-order valence-corrected chi connectivity index (χ2v) is 19.5. The van der Waals surface area contributed by atoms with Gasteiger partial charge in [0.1, 0.15) is 48.0 Å². The lowest BCUT2D eigenvalue weighted by Gasteiger charge is -2.28. The molecular weight excluding hydrogens is 1040 g/mol. The van der Waals surface area contributed by atoms with Crippen LogP contribution in [0, 0.1) is 5.92 Å². The molecule has 29 heteroatoms. The van der Waals surface area contributed by atoms with E-state index < -0.39 is 115 Å². The number of primary amides is 1. The first-order valence-corrected chi connectivity index (χ1v) is 26.1. The van der Waals surface area contributed by atoms with Crippen molar-refractivity contribution in [2.45, 2.75) is 133 Å². The van der Waals surface area contributed by atoms with Crippen molar-refractivity contribution in [1.82, 2.24) is 42.2 Å². The molecule has 1 aromatic heterocycles. The minimum Gasteiger partial charge on any atom is -0.508 e. The van der Waals surface area contributed by atoms with Crippen LogP contribution in [0.25, 0.3) is 10.9 Å². The number of carboxylic acids is 1. The zero-order valence-electron chi connectivity index (χ0n) is 45.0. The summed E-state index contributed by atoms with van der Waals surface area (Å²) in [5, 5.41) is 48.6. The van der Waals surface area contributed by atoms with E-state index in [4.69, 9.17) is 40.1 Å². The van der Waals surface area contributed by atoms with Gasteiger partial charge < -0.3 is 97.7 Å². The first kappa shape index (κ1) is 65.7. The number of hydrogen-bond donors (Lipinski definition) is 18. The van der Waals surface area contributed by atoms with Crippen LogP contribution in [0.15, 0.2) is 64.7 Å². The maximum Gasteiger partial charge on any atom is 0.326 e. The van der Waals surface area contributed by atoms with E-state index in [0.29, 0.717) is 30.5 Å². The third-order valence-corrected chi connectivity index (χ3v) is 12.4. The second kappa shape index (κ2) is 33.7. The first-order chi connectivity index (χ1) is 37.9. The number of rotatable bonds is 36. The number of carboxylic acid groups (broad SMARTS) is 1. The fraction of sp³-hybridized carbons (Fsp3) is 0.510. The molecule has 0 radical (unpaired) electrons. The number of aliphatic imine (C=N–C) groups is 2. The zero-order chi connectivity index (χ0) is 59.5. The van der Waals surface area contributed by atoms with Gasteiger partial charge in [0, 0.05) is 43.0 Å². The molecule has 0 aliphatic heterocycles. The lowest BCUT2D eigenvalue weighted by atomic mass is 10.00. The number of benzene rings is 2. The number of para-hydroxylation sites is 1. The van der Waals surface area contributed by atoms with Crippen LogP contribution in [0.2, 0.25) is 0 Å². The van der Waals surface area contributed by atoms with Crippen molar-refractivity contribution in [1.29, 1.82) is 0 Å². The number of carbonyl (C=O) groups is 9. The lowest BCUT2D eigenvalue weighted by molar-refractivity contribution is -0.142. The van der Waals surface area contributed by atoms with Gasteiger partial charge >= 0.3 is 5.97 Å². The Morgan fingerprint density at radius 1 is 0.575 bits per heavy atom. The van der Waals surface area contributed by atoms with Crippen molar-refractivity contribution in [3.63, 3.8) is 0 Å². The van der Waals surface area contributed by atoms with Crippen LogP contribution in [0.5, 0.6) is 5.75 Å². The second-order valence-electron chi connectivity index (χ2n) is 19.5. The van der Waals surface area contributed by atoms with Crippen molar-refractivity contribution in [2.75, 3.05) is 26.2 Å². The summed E-state index contributed by atoms with van der Waals surface area (Å²) in [5.74, 6) is -9.98. The summed E-state index contributed by atoms with van der Waals surface area (Å²) in [6, 6.07) is 0.908. The molecule has 2 aromatic carbocycles. The molecule has 0 fully saturated rings. The molecule has 29 nitrogen and oxygen atoms in total. The number of nitrogens with two attached hydrogens (primary N) is 7. The monoisotopic (exact) mass is 1120 g/mol. The van der Waals surface area contributed by atoms with Crippen LogP contribution in [-0.2, 0) is 56.0 Å². The van der Waals surface area contributed by atoms with Crippen LogP contribution in [0.4, 0.5) is 0 Å². The Morgan fingerprint density at radius 3 is 1.61 bits per heavy atom. The third-order valence-electron chi connectivity index (χ3n) is 12.4. The van der Waals surface area contributed by atoms with Gasteiger partial charge in [0.25, 0.3) is 0 Å². The number of phenols is 1. The van der Waals surface area contributed by atoms with Crippen molar-refractivity contribution < 1.29 is 58.5 Å². The Balaban J connectivity index is 1.93. The third kappa shape index (κ3) is 23.2. The molecule has 3 aromatic rings. The van der Waals surface area contributed by atoms with Crippen LogP contribution in [0.1, 0.15) is 82.8 Å². The summed E-state index contributed by atoms with van der Waals surface area (Å²) < 4.78 is 0. The highest BCUT2D eigenvalue weighted by atomic mass is 16.4. The summed E-state index contributed by atoms with van der Waals surface area (Å²) in [7, 11) is 0. The smallest absolute Gasteiger partial charge is 0.326 e. The number of nitrogens with zero attached hydrogens (tertiary/aromatic N) is 2. The van der Waals surface area contributed by atoms with E-state index >= 15 is 0 Å². The quantitative estimate of drug-likeness (QED) is 0.0149. The molecule has 0 spiro atoms. The minimum atomic E-state index is -1.74. The van der Waals surface area contributed by atoms with Crippen molar-refractivity contribution in [2.24, 2.45) is 56.0 Å². The van der Waals surface area contributed by atoms with Crippen LogP contribution >= 0.6 is 0 Å². The Labute approximate surface area is 462 Å². The maximum absolute atomic E-state index is 14.5. The number of carbonyl (C=O) groups excluding carboxylic acids is 8. The minimum absolute atomic E-state index is 0.0415. The summed E-state index contributed by atoms with van der Waals surface area (Å²) >= 11 is 0. The van der Waals surface area contributed by atoms with Crippen molar-refractivity contribution in [3.8, 4) is 5.75 Å². The molecule has 0 aliphatic carbocycles. The largest absolute Gasteiger partial charge is 0.508 e. The molecule has 440 valence electrons. The number of phenolic OH excluding ortho intramolecular Hbond substituents is 1. The molecule has 25 N–H and O–H groups in total. The van der Waals surface area contributed by atoms with Crippen LogP contribution in [-0.4, -0.2) is 160 Å². The van der Waals surface area contributed by atoms with Gasteiger partial charge in [-0.1, -0.05) is 50.6 Å². The van der Waals surface area contributed by atoms with Gasteiger partial charge in [0.15, 0.2) is 11.9 Å². The molecule has 0 saturated carbocycles. The highest BCUT2D eigenvalue weighted by Gasteiger charge is 2.35. The summed E-state index contributed by atoms with van der Waals surface area (Å²) in [4.78, 5) is 133. The maximum atomic E-state index is 14.5. The lowest BCUT2D eigenvalue weighted by Crippen LogP contribution is -2.61. The number of aliphatic carboxylic acids is 1. The average molecular weight is 1120 g/mol. The predicted molar refractivity (Wildman–Crippen MR) is 296 cm³/mol. The van der Waals surface area contributed by atoms with E-state index in [0.717, 1.165) is 10.9 Å². The summed E-state index contributed by atoms with van der Waals surface area (Å²) in [5.41, 5.74) is 40.8. The number of amides is 8. The molecule has 8 atom stereocenters. The van der Waals surface area contributed by atoms with Gasteiger partial charge in [-0.15, -0.1) is 0 Å². The van der Waals surface area contributed by atoms with Crippen molar-refractivity contribution in [3.05, 3.63) is 65.9 Å². The van der Waals surface area contributed by atoms with E-state index in [1.807, 2.05) is 0 Å². The van der Waals surface area contributed by atoms with Gasteiger partial charge in [-0.25, -0.2) is 4.79 Å². The fourth-order valence-electron chi connectivity index (χ4n) is 8.20. The number of aliphatic hydroxyl groups excluding tert-OH is 1. The molecular formula is C51H79N17O12. The molecule has 80 heavy (non-hydrogen) atoms. The molecule has 0 unspecified atom stereocenters. The van der Waals surface area contributed by atoms with Gasteiger partial charge in [-0.05, 0) is 86.7 Å². The van der Waals surface area contributed by atoms with Crippen molar-refractivity contribution >= 4 is 76.0 Å². The van der Waals surface area contributed by atoms with E-state index in [1.54, 1.807) is 44.3 Å². The Morgan fingerprint density at radius 2 is 1.06 bits per heavy atom.